The molecule has 0 unspecified atom stereocenters. The van der Waals surface area contributed by atoms with Crippen LogP contribution in [0.15, 0.2) is 110 Å². The standard InChI is InChI=1S/C29H39N5O3.C28H38N6O3.C23H30N6O.C22H29N7O/c1-28(2,3)37-25(35)19-14-16-33(17-15-19)21-12-10-20(11-13-21)31-27-30-18-23-24(32-27)34(22-8-6-7-9-22)26(36)29(23,4)5;1-27(2,3)37-24(35)18-12-14-33(15-13-18)20-10-11-22(29-16-20)31-26-30-17-21-23(32-26)34(19-8-6-7-9-19)25(36)28(21,4)5;1-23(2)19-15-25-22(27-20(19)29(21(23)30)18-5-3-4-6-18)26-16-7-9-17(10-8-16)28-13-11-24-12-14-28;1-22(2)17-14-25-21(27-19(17)29(20(22)30)15-5-3-4-6-15)26-18-8-7-16(13-24-18)28-11-9-23-10-12-28/h10-13,18-19,22H,6-9,14-17H2,1-5H3,(H,30,31,32);10-11,16-19H,6-9,12-15H2,1-5H3,(H,29,30,31,32);7-10,15,18,24H,3-6,11-14H2,1-2H3,(H,25,26,27);7-8,13-15,23H,3-6,9-12H2,1-2H3,(H,24,25,26,27). The minimum atomic E-state index is -0.618. The topological polar surface area (TPSA) is 348 Å². The first kappa shape index (κ1) is 94.0. The molecule has 712 valence electrons. The van der Waals surface area contributed by atoms with Gasteiger partial charge in [-0.2, -0.15) is 19.9 Å². The number of amides is 4. The third-order valence-corrected chi connectivity index (χ3v) is 28.8. The molecule has 4 saturated carbocycles. The van der Waals surface area contributed by atoms with Crippen molar-refractivity contribution in [3.63, 3.8) is 0 Å². The van der Waals surface area contributed by atoms with E-state index in [1.165, 1.54) is 31.4 Å². The van der Waals surface area contributed by atoms with E-state index < -0.39 is 32.9 Å². The normalized spacial score (nSPS) is 20.7. The van der Waals surface area contributed by atoms with Crippen LogP contribution >= 0.6 is 0 Å². The van der Waals surface area contributed by atoms with E-state index in [0.717, 1.165) is 255 Å². The Kier molecular flexibility index (Phi) is 27.3. The third kappa shape index (κ3) is 20.3. The van der Waals surface area contributed by atoms with E-state index in [9.17, 15) is 28.8 Å². The Morgan fingerprint density at radius 1 is 0.321 bits per heavy atom. The second-order valence-corrected chi connectivity index (χ2v) is 42.1. The molecule has 8 fully saturated rings. The van der Waals surface area contributed by atoms with E-state index in [2.05, 4.69) is 124 Å². The number of nitrogens with zero attached hydrogens (tertiary/aromatic N) is 18. The van der Waals surface area contributed by atoms with Crippen LogP contribution < -0.4 is 71.1 Å². The number of anilines is 16. The van der Waals surface area contributed by atoms with Crippen LogP contribution in [0.5, 0.6) is 0 Å². The number of rotatable bonds is 18. The fraction of sp³-hybridized carbons (Fsp3) is 0.569. The molecule has 4 aliphatic carbocycles. The highest BCUT2D eigenvalue weighted by molar-refractivity contribution is 6.10. The quantitative estimate of drug-likeness (QED) is 0.0435. The molecule has 0 radical (unpaired) electrons. The molecule has 6 N–H and O–H groups in total. The summed E-state index contributed by atoms with van der Waals surface area (Å²) in [6.07, 6.45) is 31.7. The van der Waals surface area contributed by atoms with Crippen molar-refractivity contribution in [3.8, 4) is 0 Å². The first-order valence-electron chi connectivity index (χ1n) is 49.1. The number of ether oxygens (including phenoxy) is 2. The Morgan fingerprint density at radius 3 is 0.828 bits per heavy atom. The van der Waals surface area contributed by atoms with E-state index in [1.807, 2.05) is 165 Å². The van der Waals surface area contributed by atoms with Gasteiger partial charge in [0.05, 0.1) is 57.3 Å². The highest BCUT2D eigenvalue weighted by Crippen LogP contribution is 2.50. The van der Waals surface area contributed by atoms with Crippen LogP contribution in [0.2, 0.25) is 0 Å². The molecule has 6 aromatic heterocycles. The zero-order valence-corrected chi connectivity index (χ0v) is 80.8. The number of carbonyl (C=O) groups excluding carboxylic acids is 6. The van der Waals surface area contributed by atoms with Gasteiger partial charge in [-0.15, -0.1) is 0 Å². The summed E-state index contributed by atoms with van der Waals surface area (Å²) in [6.45, 7) is 38.5. The van der Waals surface area contributed by atoms with Crippen molar-refractivity contribution in [1.29, 1.82) is 0 Å². The molecular formula is C102H136N24O8. The van der Waals surface area contributed by atoms with E-state index in [0.29, 0.717) is 35.4 Å². The Balaban J connectivity index is 0.000000125. The van der Waals surface area contributed by atoms with Crippen LogP contribution in [0, 0.1) is 11.8 Å². The number of piperidine rings is 2. The SMILES string of the molecule is CC(C)(C)OC(=O)C1CCN(c2ccc(Nc3ncc4c(n3)N(C3CCCC3)C(=O)C4(C)C)cc2)CC1.CC(C)(C)OC(=O)C1CCN(c2ccc(Nc3ncc4c(n3)N(C3CCCC3)C(=O)C4(C)C)nc2)CC1.CC1(C)C(=O)N(C2CCCC2)c2nc(Nc3ccc(N4CCNCC4)cc3)ncc21.CC1(C)C(=O)N(C2CCCC2)c2nc(Nc3ccc(N4CCNCC4)cn3)ncc21. The van der Waals surface area contributed by atoms with Gasteiger partial charge in [0.1, 0.15) is 46.1 Å². The van der Waals surface area contributed by atoms with Crippen LogP contribution in [-0.2, 0) is 59.9 Å². The predicted octanol–water partition coefficient (Wildman–Crippen LogP) is 15.9. The maximum Gasteiger partial charge on any atom is 0.309 e. The first-order chi connectivity index (χ1) is 64.1. The molecule has 4 amide bonds. The highest BCUT2D eigenvalue weighted by Gasteiger charge is 2.53. The van der Waals surface area contributed by atoms with Gasteiger partial charge in [-0.1, -0.05) is 51.4 Å². The number of hydrogen-bond donors (Lipinski definition) is 6. The van der Waals surface area contributed by atoms with Crippen molar-refractivity contribution >= 4 is 128 Å². The third-order valence-electron chi connectivity index (χ3n) is 28.8. The van der Waals surface area contributed by atoms with Crippen molar-refractivity contribution in [2.75, 3.05) is 139 Å². The van der Waals surface area contributed by atoms with Crippen molar-refractivity contribution in [2.24, 2.45) is 11.8 Å². The summed E-state index contributed by atoms with van der Waals surface area (Å²) in [4.78, 5) is 141. The van der Waals surface area contributed by atoms with Crippen LogP contribution in [0.1, 0.15) is 248 Å². The van der Waals surface area contributed by atoms with Gasteiger partial charge in [-0.05, 0) is 247 Å². The lowest BCUT2D eigenvalue weighted by Crippen LogP contribution is -2.43. The lowest BCUT2D eigenvalue weighted by molar-refractivity contribution is -0.161. The molecule has 20 rings (SSSR count). The van der Waals surface area contributed by atoms with Gasteiger partial charge in [-0.25, -0.2) is 29.9 Å². The van der Waals surface area contributed by atoms with E-state index in [1.54, 1.807) is 18.6 Å². The zero-order valence-electron chi connectivity index (χ0n) is 80.8. The average molecular weight is 1830 g/mol. The molecular weight excluding hydrogens is 1690 g/mol. The van der Waals surface area contributed by atoms with Crippen LogP contribution in [0.25, 0.3) is 0 Å². The zero-order chi connectivity index (χ0) is 94.2. The van der Waals surface area contributed by atoms with E-state index >= 15 is 0 Å². The number of fused-ring (bicyclic) bond motifs is 4. The molecule has 8 aromatic rings. The molecule has 8 aliphatic heterocycles. The monoisotopic (exact) mass is 1830 g/mol. The molecule has 14 heterocycles. The Morgan fingerprint density at radius 2 is 0.567 bits per heavy atom. The first-order valence-corrected chi connectivity index (χ1v) is 49.1. The van der Waals surface area contributed by atoms with Crippen molar-refractivity contribution in [3.05, 3.63) is 132 Å². The Bertz CT molecular complexity index is 5190. The van der Waals surface area contributed by atoms with Gasteiger partial charge in [0.2, 0.25) is 47.4 Å². The average Bonchev–Trinajstić information content (AvgIpc) is 1.60. The number of carbonyl (C=O) groups is 6. The van der Waals surface area contributed by atoms with Crippen LogP contribution in [0.4, 0.5) is 92.8 Å². The summed E-state index contributed by atoms with van der Waals surface area (Å²) in [5.74, 6) is 6.56. The summed E-state index contributed by atoms with van der Waals surface area (Å²) < 4.78 is 11.1. The second kappa shape index (κ2) is 38.9. The molecule has 134 heavy (non-hydrogen) atoms. The molecule has 32 nitrogen and oxygen atoms in total. The molecule has 12 aliphatic rings. The number of piperazine rings is 2. The molecule has 2 aromatic carbocycles. The summed E-state index contributed by atoms with van der Waals surface area (Å²) >= 11 is 0. The lowest BCUT2D eigenvalue weighted by atomic mass is 9.88. The molecule has 4 saturated heterocycles. The number of aromatic nitrogens is 10. The van der Waals surface area contributed by atoms with Gasteiger partial charge in [-0.3, -0.25) is 48.4 Å². The van der Waals surface area contributed by atoms with Gasteiger partial charge >= 0.3 is 11.9 Å². The number of nitrogens with one attached hydrogen (secondary N) is 6. The summed E-state index contributed by atoms with van der Waals surface area (Å²) in [5.41, 5.74) is 6.69. The van der Waals surface area contributed by atoms with Gasteiger partial charge < -0.3 is 61.0 Å². The predicted molar refractivity (Wildman–Crippen MR) is 525 cm³/mol. The number of pyridine rings is 2. The minimum absolute atomic E-state index is 0.0333. The summed E-state index contributed by atoms with van der Waals surface area (Å²) in [6, 6.07) is 25.5. The number of benzene rings is 2. The summed E-state index contributed by atoms with van der Waals surface area (Å²) in [5, 5.41) is 19.8. The fourth-order valence-corrected chi connectivity index (χ4v) is 20.9. The van der Waals surface area contributed by atoms with E-state index in [4.69, 9.17) is 29.4 Å². The Hall–Kier alpha value is -11.8. The molecule has 0 spiro atoms. The smallest absolute Gasteiger partial charge is 0.309 e. The maximum absolute atomic E-state index is 13.3. The van der Waals surface area contributed by atoms with E-state index in [-0.39, 0.29) is 71.6 Å². The van der Waals surface area contributed by atoms with Gasteiger partial charge in [0.25, 0.3) is 0 Å². The fourth-order valence-electron chi connectivity index (χ4n) is 20.9. The highest BCUT2D eigenvalue weighted by atomic mass is 16.6. The van der Waals surface area contributed by atoms with Crippen LogP contribution in [0.3, 0.4) is 0 Å². The van der Waals surface area contributed by atoms with Crippen molar-refractivity contribution in [2.45, 2.75) is 282 Å². The number of esters is 2. The number of hydrogen-bond acceptors (Lipinski definition) is 28. The Labute approximate surface area is 788 Å². The van der Waals surface area contributed by atoms with Gasteiger partial charge in [0, 0.05) is 172 Å². The maximum atomic E-state index is 13.3. The van der Waals surface area contributed by atoms with Crippen molar-refractivity contribution < 1.29 is 38.2 Å². The lowest BCUT2D eigenvalue weighted by Gasteiger charge is -2.34. The molecule has 0 atom stereocenters. The minimum Gasteiger partial charge on any atom is -0.460 e. The second-order valence-electron chi connectivity index (χ2n) is 42.1. The van der Waals surface area contributed by atoms with Gasteiger partial charge in [0.15, 0.2) is 0 Å². The molecule has 32 heteroatoms. The van der Waals surface area contributed by atoms with Crippen molar-refractivity contribution in [1.82, 2.24) is 60.5 Å². The van der Waals surface area contributed by atoms with Crippen LogP contribution in [-0.4, -0.2) is 199 Å². The summed E-state index contributed by atoms with van der Waals surface area (Å²) in [7, 11) is 0. The largest absolute Gasteiger partial charge is 0.460 e. The molecule has 0 bridgehead atoms.